The van der Waals surface area contributed by atoms with Gasteiger partial charge in [-0.2, -0.15) is 5.26 Å². The first-order valence-electron chi connectivity index (χ1n) is 5.41. The summed E-state index contributed by atoms with van der Waals surface area (Å²) < 4.78 is -0.341. The summed E-state index contributed by atoms with van der Waals surface area (Å²) in [5.41, 5.74) is 1.29. The van der Waals surface area contributed by atoms with Crippen LogP contribution in [0.2, 0.25) is 0 Å². The second kappa shape index (κ2) is 4.37. The molecule has 2 heteroatoms. The Hall–Kier alpha value is -0.810. The largest absolute Gasteiger partial charge is 0.197 e. The van der Waals surface area contributed by atoms with E-state index in [2.05, 4.69) is 46.3 Å². The van der Waals surface area contributed by atoms with Gasteiger partial charge in [0, 0.05) is 5.92 Å². The summed E-state index contributed by atoms with van der Waals surface area (Å²) >= 11 is 3.64. The molecule has 2 unspecified atom stereocenters. The van der Waals surface area contributed by atoms with Crippen LogP contribution in [0.4, 0.5) is 0 Å². The maximum absolute atomic E-state index is 9.29. The van der Waals surface area contributed by atoms with Crippen molar-refractivity contribution in [2.75, 3.05) is 0 Å². The van der Waals surface area contributed by atoms with E-state index < -0.39 is 0 Å². The fourth-order valence-corrected chi connectivity index (χ4v) is 3.16. The molecular formula is C13H14BrN. The lowest BCUT2D eigenvalue weighted by Crippen LogP contribution is -2.31. The van der Waals surface area contributed by atoms with E-state index in [1.54, 1.807) is 0 Å². The SMILES string of the molecule is N#CC1(Br)CCCCC1c1ccccc1. The second-order valence-corrected chi connectivity index (χ2v) is 5.60. The Balaban J connectivity index is 2.31. The molecule has 0 aliphatic heterocycles. The van der Waals surface area contributed by atoms with E-state index >= 15 is 0 Å². The van der Waals surface area contributed by atoms with Crippen LogP contribution >= 0.6 is 15.9 Å². The first kappa shape index (κ1) is 10.7. The van der Waals surface area contributed by atoms with Gasteiger partial charge in [0.05, 0.1) is 6.07 Å². The van der Waals surface area contributed by atoms with Gasteiger partial charge < -0.3 is 0 Å². The van der Waals surface area contributed by atoms with Crippen LogP contribution < -0.4 is 0 Å². The van der Waals surface area contributed by atoms with Crippen LogP contribution in [0.15, 0.2) is 30.3 Å². The first-order chi connectivity index (χ1) is 7.26. The third-order valence-corrected chi connectivity index (χ3v) is 4.35. The predicted octanol–water partition coefficient (Wildman–Crippen LogP) is 4.00. The minimum atomic E-state index is -0.341. The maximum Gasteiger partial charge on any atom is 0.119 e. The third kappa shape index (κ3) is 2.08. The van der Waals surface area contributed by atoms with Crippen LogP contribution in [0, 0.1) is 11.3 Å². The van der Waals surface area contributed by atoms with E-state index in [-0.39, 0.29) is 4.32 Å². The average Bonchev–Trinajstić information content (AvgIpc) is 2.31. The molecule has 2 rings (SSSR count). The molecule has 0 bridgehead atoms. The Morgan fingerprint density at radius 2 is 2.00 bits per heavy atom. The van der Waals surface area contributed by atoms with Gasteiger partial charge in [-0.25, -0.2) is 0 Å². The zero-order valence-corrected chi connectivity index (χ0v) is 10.2. The van der Waals surface area contributed by atoms with Crippen molar-refractivity contribution in [3.05, 3.63) is 35.9 Å². The van der Waals surface area contributed by atoms with Gasteiger partial charge in [0.1, 0.15) is 4.32 Å². The Labute approximate surface area is 99.2 Å². The Kier molecular flexibility index (Phi) is 3.11. The topological polar surface area (TPSA) is 23.8 Å². The van der Waals surface area contributed by atoms with Crippen LogP contribution in [-0.4, -0.2) is 4.32 Å². The van der Waals surface area contributed by atoms with Gasteiger partial charge in [-0.05, 0) is 18.4 Å². The van der Waals surface area contributed by atoms with Gasteiger partial charge in [0.15, 0.2) is 0 Å². The molecule has 0 aromatic heterocycles. The number of halogens is 1. The number of rotatable bonds is 1. The van der Waals surface area contributed by atoms with Crippen LogP contribution in [0.5, 0.6) is 0 Å². The number of benzene rings is 1. The van der Waals surface area contributed by atoms with Gasteiger partial charge in [-0.15, -0.1) is 0 Å². The molecule has 1 fully saturated rings. The summed E-state index contributed by atoms with van der Waals surface area (Å²) in [7, 11) is 0. The maximum atomic E-state index is 9.29. The van der Waals surface area contributed by atoms with Crippen molar-refractivity contribution in [3.8, 4) is 6.07 Å². The normalized spacial score (nSPS) is 30.8. The van der Waals surface area contributed by atoms with Crippen molar-refractivity contribution < 1.29 is 0 Å². The molecule has 15 heavy (non-hydrogen) atoms. The lowest BCUT2D eigenvalue weighted by molar-refractivity contribution is 0.407. The van der Waals surface area contributed by atoms with Crippen molar-refractivity contribution in [3.63, 3.8) is 0 Å². The van der Waals surface area contributed by atoms with E-state index in [9.17, 15) is 5.26 Å². The highest BCUT2D eigenvalue weighted by Gasteiger charge is 2.39. The lowest BCUT2D eigenvalue weighted by Gasteiger charge is -2.34. The second-order valence-electron chi connectivity index (χ2n) is 4.18. The highest BCUT2D eigenvalue weighted by Crippen LogP contribution is 2.46. The smallest absolute Gasteiger partial charge is 0.119 e. The molecule has 1 saturated carbocycles. The molecule has 0 amide bonds. The molecule has 0 saturated heterocycles. The van der Waals surface area contributed by atoms with Crippen molar-refractivity contribution >= 4 is 15.9 Å². The first-order valence-corrected chi connectivity index (χ1v) is 6.21. The fraction of sp³-hybridized carbons (Fsp3) is 0.462. The summed E-state index contributed by atoms with van der Waals surface area (Å²) in [5, 5.41) is 9.29. The average molecular weight is 264 g/mol. The minimum absolute atomic E-state index is 0.341. The van der Waals surface area contributed by atoms with Gasteiger partial charge >= 0.3 is 0 Å². The Bertz CT molecular complexity index is 368. The summed E-state index contributed by atoms with van der Waals surface area (Å²) in [6.45, 7) is 0. The fourth-order valence-electron chi connectivity index (χ4n) is 2.38. The molecule has 1 aliphatic carbocycles. The monoisotopic (exact) mass is 263 g/mol. The summed E-state index contributed by atoms with van der Waals surface area (Å²) in [5.74, 6) is 0.345. The quantitative estimate of drug-likeness (QED) is 0.703. The standard InChI is InChI=1S/C13H14BrN/c14-13(10-15)9-5-4-8-12(13)11-6-2-1-3-7-11/h1-3,6-7,12H,4-5,8-9H2. The molecule has 0 heterocycles. The van der Waals surface area contributed by atoms with E-state index in [0.717, 1.165) is 19.3 Å². The van der Waals surface area contributed by atoms with Crippen molar-refractivity contribution in [1.29, 1.82) is 5.26 Å². The van der Waals surface area contributed by atoms with Gasteiger partial charge in [0.25, 0.3) is 0 Å². The summed E-state index contributed by atoms with van der Waals surface area (Å²) in [6, 6.07) is 12.8. The Morgan fingerprint density at radius 3 is 2.67 bits per heavy atom. The number of nitriles is 1. The molecular weight excluding hydrogens is 250 g/mol. The van der Waals surface area contributed by atoms with Crippen LogP contribution in [0.25, 0.3) is 0 Å². The summed E-state index contributed by atoms with van der Waals surface area (Å²) in [6.07, 6.45) is 4.46. The van der Waals surface area contributed by atoms with E-state index in [4.69, 9.17) is 0 Å². The highest BCUT2D eigenvalue weighted by molar-refractivity contribution is 9.10. The molecule has 78 valence electrons. The minimum Gasteiger partial charge on any atom is -0.197 e. The van der Waals surface area contributed by atoms with Gasteiger partial charge in [-0.3, -0.25) is 0 Å². The van der Waals surface area contributed by atoms with Crippen LogP contribution in [0.3, 0.4) is 0 Å². The number of alkyl halides is 1. The van der Waals surface area contributed by atoms with Crippen molar-refractivity contribution in [2.45, 2.75) is 35.9 Å². The predicted molar refractivity (Wildman–Crippen MR) is 64.9 cm³/mol. The van der Waals surface area contributed by atoms with Gasteiger partial charge in [0.2, 0.25) is 0 Å². The molecule has 0 radical (unpaired) electrons. The zero-order chi connectivity index (χ0) is 10.7. The third-order valence-electron chi connectivity index (χ3n) is 3.22. The molecule has 0 spiro atoms. The number of hydrogen-bond donors (Lipinski definition) is 0. The van der Waals surface area contributed by atoms with E-state index in [1.807, 2.05) is 6.07 Å². The molecule has 1 aromatic carbocycles. The highest BCUT2D eigenvalue weighted by atomic mass is 79.9. The van der Waals surface area contributed by atoms with E-state index in [1.165, 1.54) is 12.0 Å². The molecule has 2 atom stereocenters. The van der Waals surface area contributed by atoms with Crippen LogP contribution in [0.1, 0.15) is 37.2 Å². The molecule has 1 nitrogen and oxygen atoms in total. The lowest BCUT2D eigenvalue weighted by atomic mass is 9.76. The molecule has 1 aromatic rings. The van der Waals surface area contributed by atoms with Crippen LogP contribution in [-0.2, 0) is 0 Å². The van der Waals surface area contributed by atoms with Crippen molar-refractivity contribution in [2.24, 2.45) is 0 Å². The Morgan fingerprint density at radius 1 is 1.27 bits per heavy atom. The number of hydrogen-bond acceptors (Lipinski definition) is 1. The van der Waals surface area contributed by atoms with E-state index in [0.29, 0.717) is 5.92 Å². The van der Waals surface area contributed by atoms with Crippen molar-refractivity contribution in [1.82, 2.24) is 0 Å². The number of nitrogens with zero attached hydrogens (tertiary/aromatic N) is 1. The molecule has 1 aliphatic rings. The van der Waals surface area contributed by atoms with Gasteiger partial charge in [-0.1, -0.05) is 59.1 Å². The zero-order valence-electron chi connectivity index (χ0n) is 8.62. The molecule has 0 N–H and O–H groups in total. The summed E-state index contributed by atoms with van der Waals surface area (Å²) in [4.78, 5) is 0.